The minimum atomic E-state index is -0.494. The van der Waals surface area contributed by atoms with Gasteiger partial charge in [-0.2, -0.15) is 4.68 Å². The summed E-state index contributed by atoms with van der Waals surface area (Å²) in [5.41, 5.74) is 2.11. The van der Waals surface area contributed by atoms with Crippen molar-refractivity contribution in [3.63, 3.8) is 0 Å². The van der Waals surface area contributed by atoms with Crippen molar-refractivity contribution in [3.05, 3.63) is 29.8 Å². The Morgan fingerprint density at radius 1 is 1.28 bits per heavy atom. The molecule has 0 saturated heterocycles. The van der Waals surface area contributed by atoms with E-state index >= 15 is 0 Å². The van der Waals surface area contributed by atoms with Crippen molar-refractivity contribution in [1.29, 1.82) is 0 Å². The van der Waals surface area contributed by atoms with Crippen molar-refractivity contribution >= 4 is 23.6 Å². The van der Waals surface area contributed by atoms with Crippen molar-refractivity contribution in [2.45, 2.75) is 31.3 Å². The third-order valence-corrected chi connectivity index (χ3v) is 4.35. The number of nitrogens with zero attached hydrogens (tertiary/aromatic N) is 4. The molecule has 0 aliphatic heterocycles. The molecule has 1 N–H and O–H groups in total. The summed E-state index contributed by atoms with van der Waals surface area (Å²) in [6.07, 6.45) is 3.37. The van der Waals surface area contributed by atoms with Crippen molar-refractivity contribution in [2.24, 2.45) is 0 Å². The highest BCUT2D eigenvalue weighted by molar-refractivity contribution is 7.99. The van der Waals surface area contributed by atoms with E-state index in [1.807, 2.05) is 12.1 Å². The van der Waals surface area contributed by atoms with Crippen LogP contribution in [-0.2, 0) is 20.7 Å². The summed E-state index contributed by atoms with van der Waals surface area (Å²) in [6.45, 7) is 2.01. The quantitative estimate of drug-likeness (QED) is 0.531. The van der Waals surface area contributed by atoms with Crippen molar-refractivity contribution < 1.29 is 14.3 Å². The lowest BCUT2D eigenvalue weighted by Crippen LogP contribution is -2.31. The number of methoxy groups -OCH3 is 1. The molecule has 0 aliphatic carbocycles. The minimum absolute atomic E-state index is 0.103. The maximum Gasteiger partial charge on any atom is 0.325 e. The predicted molar refractivity (Wildman–Crippen MR) is 93.5 cm³/mol. The van der Waals surface area contributed by atoms with Crippen LogP contribution in [-0.4, -0.2) is 51.5 Å². The van der Waals surface area contributed by atoms with Crippen LogP contribution in [0.25, 0.3) is 5.69 Å². The highest BCUT2D eigenvalue weighted by atomic mass is 32.2. The molecule has 0 saturated carbocycles. The zero-order valence-electron chi connectivity index (χ0n) is 14.3. The van der Waals surface area contributed by atoms with E-state index in [1.165, 1.54) is 24.4 Å². The van der Waals surface area contributed by atoms with E-state index in [2.05, 4.69) is 44.6 Å². The highest BCUT2D eigenvalue weighted by Gasteiger charge is 2.12. The van der Waals surface area contributed by atoms with Gasteiger partial charge < -0.3 is 10.1 Å². The van der Waals surface area contributed by atoms with Crippen LogP contribution in [0, 0.1) is 0 Å². The number of benzene rings is 1. The number of amides is 1. The Morgan fingerprint density at radius 2 is 2.04 bits per heavy atom. The summed E-state index contributed by atoms with van der Waals surface area (Å²) in [6, 6.07) is 8.04. The first-order valence-corrected chi connectivity index (χ1v) is 8.96. The summed E-state index contributed by atoms with van der Waals surface area (Å²) in [7, 11) is 1.27. The highest BCUT2D eigenvalue weighted by Crippen LogP contribution is 2.18. The molecular formula is C16H21N5O3S. The van der Waals surface area contributed by atoms with Gasteiger partial charge in [0.1, 0.15) is 6.54 Å². The van der Waals surface area contributed by atoms with Gasteiger partial charge in [-0.3, -0.25) is 9.59 Å². The number of tetrazole rings is 1. The monoisotopic (exact) mass is 363 g/mol. The summed E-state index contributed by atoms with van der Waals surface area (Å²) in [5.74, 6) is -0.683. The van der Waals surface area contributed by atoms with Gasteiger partial charge in [-0.25, -0.2) is 0 Å². The number of nitrogens with one attached hydrogen (secondary N) is 1. The van der Waals surface area contributed by atoms with E-state index in [-0.39, 0.29) is 18.2 Å². The number of aromatic nitrogens is 4. The van der Waals surface area contributed by atoms with Crippen LogP contribution in [0.3, 0.4) is 0 Å². The lowest BCUT2D eigenvalue weighted by molar-refractivity contribution is -0.140. The number of carbonyl (C=O) groups is 2. The van der Waals surface area contributed by atoms with Gasteiger partial charge >= 0.3 is 5.97 Å². The molecule has 8 nitrogen and oxygen atoms in total. The predicted octanol–water partition coefficient (Wildman–Crippen LogP) is 1.39. The van der Waals surface area contributed by atoms with Crippen LogP contribution in [0.5, 0.6) is 0 Å². The smallest absolute Gasteiger partial charge is 0.325 e. The molecule has 1 amide bonds. The number of ether oxygens (including phenoxy) is 1. The van der Waals surface area contributed by atoms with Crippen LogP contribution in [0.2, 0.25) is 0 Å². The molecule has 2 rings (SSSR count). The molecule has 1 heterocycles. The molecule has 0 radical (unpaired) electrons. The number of hydrogen-bond acceptors (Lipinski definition) is 7. The Bertz CT molecular complexity index is 702. The van der Waals surface area contributed by atoms with Crippen molar-refractivity contribution in [3.8, 4) is 5.69 Å². The van der Waals surface area contributed by atoms with E-state index in [4.69, 9.17) is 0 Å². The molecule has 9 heteroatoms. The molecule has 1 aromatic carbocycles. The average molecular weight is 363 g/mol. The lowest BCUT2D eigenvalue weighted by atomic mass is 10.1. The first-order chi connectivity index (χ1) is 12.1. The first kappa shape index (κ1) is 18.9. The third kappa shape index (κ3) is 5.86. The zero-order valence-corrected chi connectivity index (χ0v) is 15.1. The number of thioether (sulfide) groups is 1. The Kier molecular flexibility index (Phi) is 7.39. The van der Waals surface area contributed by atoms with E-state index < -0.39 is 5.97 Å². The third-order valence-electron chi connectivity index (χ3n) is 3.43. The van der Waals surface area contributed by atoms with Crippen LogP contribution in [0.4, 0.5) is 0 Å². The number of rotatable bonds is 9. The molecule has 0 spiro atoms. The molecule has 0 unspecified atom stereocenters. The minimum Gasteiger partial charge on any atom is -0.468 e. The van der Waals surface area contributed by atoms with Crippen LogP contribution >= 0.6 is 11.8 Å². The number of unbranched alkanes of at least 4 members (excludes halogenated alkanes) is 1. The summed E-state index contributed by atoms with van der Waals surface area (Å²) in [4.78, 5) is 22.7. The molecular weight excluding hydrogens is 342 g/mol. The van der Waals surface area contributed by atoms with Crippen molar-refractivity contribution in [1.82, 2.24) is 25.5 Å². The topological polar surface area (TPSA) is 99.0 Å². The van der Waals surface area contributed by atoms with Gasteiger partial charge in [0.2, 0.25) is 11.1 Å². The van der Waals surface area contributed by atoms with Gasteiger partial charge in [0, 0.05) is 0 Å². The van der Waals surface area contributed by atoms with Crippen LogP contribution in [0.15, 0.2) is 29.4 Å². The number of hydrogen-bond donors (Lipinski definition) is 1. The Hall–Kier alpha value is -2.42. The second-order valence-electron chi connectivity index (χ2n) is 5.28. The fraction of sp³-hybridized carbons (Fsp3) is 0.438. The molecule has 1 aromatic heterocycles. The molecule has 2 aromatic rings. The fourth-order valence-electron chi connectivity index (χ4n) is 2.04. The summed E-state index contributed by atoms with van der Waals surface area (Å²) < 4.78 is 6.05. The Morgan fingerprint density at radius 3 is 2.72 bits per heavy atom. The summed E-state index contributed by atoms with van der Waals surface area (Å²) in [5, 5.41) is 14.6. The lowest BCUT2D eigenvalue weighted by Gasteiger charge is -2.06. The van der Waals surface area contributed by atoms with Crippen LogP contribution in [0.1, 0.15) is 25.3 Å². The second-order valence-corrected chi connectivity index (χ2v) is 6.23. The molecule has 0 bridgehead atoms. The number of carbonyl (C=O) groups excluding carboxylic acids is 2. The standard InChI is InChI=1S/C16H21N5O3S/c1-3-4-5-12-6-8-13(9-7-12)21-16(18-19-20-21)25-11-14(22)17-10-15(23)24-2/h6-9H,3-5,10-11H2,1-2H3,(H,17,22). The largest absolute Gasteiger partial charge is 0.468 e. The van der Waals surface area contributed by atoms with Gasteiger partial charge in [0.25, 0.3) is 0 Å². The SMILES string of the molecule is CCCCc1ccc(-n2nnnc2SCC(=O)NCC(=O)OC)cc1. The Labute approximate surface area is 150 Å². The average Bonchev–Trinajstić information content (AvgIpc) is 3.11. The van der Waals surface area contributed by atoms with Gasteiger partial charge in [-0.05, 0) is 41.0 Å². The Balaban J connectivity index is 1.93. The van der Waals surface area contributed by atoms with Gasteiger partial charge in [0.05, 0.1) is 18.6 Å². The summed E-state index contributed by atoms with van der Waals surface area (Å²) >= 11 is 1.20. The van der Waals surface area contributed by atoms with E-state index in [0.29, 0.717) is 5.16 Å². The van der Waals surface area contributed by atoms with Gasteiger partial charge in [-0.1, -0.05) is 37.2 Å². The van der Waals surface area contributed by atoms with Gasteiger partial charge in [0.15, 0.2) is 0 Å². The fourth-order valence-corrected chi connectivity index (χ4v) is 2.76. The maximum absolute atomic E-state index is 11.7. The van der Waals surface area contributed by atoms with E-state index in [1.54, 1.807) is 4.68 Å². The number of aryl methyl sites for hydroxylation is 1. The van der Waals surface area contributed by atoms with Gasteiger partial charge in [-0.15, -0.1) is 5.10 Å². The van der Waals surface area contributed by atoms with E-state index in [0.717, 1.165) is 24.9 Å². The van der Waals surface area contributed by atoms with Crippen molar-refractivity contribution in [2.75, 3.05) is 19.4 Å². The van der Waals surface area contributed by atoms with Crippen LogP contribution < -0.4 is 5.32 Å². The maximum atomic E-state index is 11.7. The zero-order chi connectivity index (χ0) is 18.1. The molecule has 134 valence electrons. The molecule has 0 aliphatic rings. The first-order valence-electron chi connectivity index (χ1n) is 7.98. The second kappa shape index (κ2) is 9.77. The normalized spacial score (nSPS) is 10.5. The molecule has 0 fully saturated rings. The molecule has 0 atom stereocenters. The number of esters is 1. The van der Waals surface area contributed by atoms with E-state index in [9.17, 15) is 9.59 Å². The molecule has 25 heavy (non-hydrogen) atoms.